The summed E-state index contributed by atoms with van der Waals surface area (Å²) >= 11 is 0. The number of benzene rings is 1. The molecule has 0 saturated heterocycles. The van der Waals surface area contributed by atoms with Gasteiger partial charge in [0, 0.05) is 5.56 Å². The van der Waals surface area contributed by atoms with E-state index in [2.05, 4.69) is 37.7 Å². The van der Waals surface area contributed by atoms with Gasteiger partial charge in [-0.05, 0) is 56.4 Å². The smallest absolute Gasteiger partial charge is 0.159 e. The van der Waals surface area contributed by atoms with E-state index >= 15 is 0 Å². The second kappa shape index (κ2) is 16.5. The number of unbranched alkanes of at least 4 members (excludes halogenated alkanes) is 7. The Morgan fingerprint density at radius 3 is 2.06 bits per heavy atom. The second-order valence-electron chi connectivity index (χ2n) is 9.46. The van der Waals surface area contributed by atoms with Crippen molar-refractivity contribution in [1.82, 2.24) is 9.97 Å². The van der Waals surface area contributed by atoms with Gasteiger partial charge in [-0.1, -0.05) is 78.6 Å². The standard InChI is InChI=1S/C29H46N2O2/c1-5-7-8-13-16-25(4)33-27-19-17-26(18-20-27)29-30-22-28(23-31-29)32-21-14-11-9-10-12-15-24(3)6-2/h17-20,22-25H,5-16,21H2,1-4H3/t24-,25+/m0/s1. The molecule has 0 saturated carbocycles. The molecule has 184 valence electrons. The van der Waals surface area contributed by atoms with Gasteiger partial charge >= 0.3 is 0 Å². The Kier molecular flexibility index (Phi) is 13.6. The lowest BCUT2D eigenvalue weighted by Crippen LogP contribution is -2.11. The SMILES string of the molecule is CCCCCC[C@@H](C)Oc1ccc(-c2ncc(OCCCCCCC[C@@H](C)CC)cn2)cc1. The maximum Gasteiger partial charge on any atom is 0.159 e. The molecule has 0 spiro atoms. The number of aromatic nitrogens is 2. The zero-order valence-electron chi connectivity index (χ0n) is 21.5. The van der Waals surface area contributed by atoms with E-state index in [0.29, 0.717) is 5.82 Å². The van der Waals surface area contributed by atoms with Crippen molar-refractivity contribution in [2.24, 2.45) is 5.92 Å². The summed E-state index contributed by atoms with van der Waals surface area (Å²) in [6.45, 7) is 9.75. The Balaban J connectivity index is 1.65. The third-order valence-corrected chi connectivity index (χ3v) is 6.35. The highest BCUT2D eigenvalue weighted by Crippen LogP contribution is 2.22. The topological polar surface area (TPSA) is 44.2 Å². The lowest BCUT2D eigenvalue weighted by molar-refractivity contribution is 0.206. The van der Waals surface area contributed by atoms with Crippen LogP contribution in [0.1, 0.15) is 105 Å². The van der Waals surface area contributed by atoms with Gasteiger partial charge in [0.2, 0.25) is 0 Å². The van der Waals surface area contributed by atoms with E-state index in [-0.39, 0.29) is 6.10 Å². The molecule has 0 unspecified atom stereocenters. The number of hydrogen-bond donors (Lipinski definition) is 0. The second-order valence-corrected chi connectivity index (χ2v) is 9.46. The molecule has 1 aromatic heterocycles. The van der Waals surface area contributed by atoms with Gasteiger partial charge in [0.25, 0.3) is 0 Å². The van der Waals surface area contributed by atoms with Gasteiger partial charge in [-0.15, -0.1) is 0 Å². The predicted octanol–water partition coefficient (Wildman–Crippen LogP) is 8.65. The Hall–Kier alpha value is -2.10. The lowest BCUT2D eigenvalue weighted by atomic mass is 10.0. The first kappa shape index (κ1) is 27.1. The van der Waals surface area contributed by atoms with Crippen LogP contribution in [0.5, 0.6) is 11.5 Å². The molecule has 2 atom stereocenters. The van der Waals surface area contributed by atoms with Gasteiger partial charge in [-0.3, -0.25) is 0 Å². The van der Waals surface area contributed by atoms with Crippen LogP contribution in [0.15, 0.2) is 36.7 Å². The van der Waals surface area contributed by atoms with Crippen LogP contribution < -0.4 is 9.47 Å². The minimum Gasteiger partial charge on any atom is -0.491 e. The molecule has 0 aliphatic heterocycles. The molecule has 0 aliphatic carbocycles. The van der Waals surface area contributed by atoms with E-state index < -0.39 is 0 Å². The highest BCUT2D eigenvalue weighted by molar-refractivity contribution is 5.56. The van der Waals surface area contributed by atoms with Gasteiger partial charge in [-0.25, -0.2) is 9.97 Å². The van der Waals surface area contributed by atoms with E-state index in [0.717, 1.165) is 42.4 Å². The summed E-state index contributed by atoms with van der Waals surface area (Å²) in [5, 5.41) is 0. The third-order valence-electron chi connectivity index (χ3n) is 6.35. The van der Waals surface area contributed by atoms with Crippen LogP contribution in [0.3, 0.4) is 0 Å². The quantitative estimate of drug-likeness (QED) is 0.211. The minimum atomic E-state index is 0.241. The molecule has 2 aromatic rings. The van der Waals surface area contributed by atoms with Crippen LogP contribution in [-0.4, -0.2) is 22.7 Å². The van der Waals surface area contributed by atoms with Crippen molar-refractivity contribution >= 4 is 0 Å². The van der Waals surface area contributed by atoms with E-state index in [9.17, 15) is 0 Å². The summed E-state index contributed by atoms with van der Waals surface area (Å²) in [5.74, 6) is 3.23. The maximum absolute atomic E-state index is 6.04. The molecule has 0 radical (unpaired) electrons. The first-order valence-corrected chi connectivity index (χ1v) is 13.3. The fourth-order valence-electron chi connectivity index (χ4n) is 3.89. The normalized spacial score (nSPS) is 13.0. The van der Waals surface area contributed by atoms with Crippen LogP contribution in [0.4, 0.5) is 0 Å². The van der Waals surface area contributed by atoms with E-state index in [1.807, 2.05) is 24.3 Å². The minimum absolute atomic E-state index is 0.241. The van der Waals surface area contributed by atoms with Crippen LogP contribution >= 0.6 is 0 Å². The highest BCUT2D eigenvalue weighted by atomic mass is 16.5. The van der Waals surface area contributed by atoms with Crippen LogP contribution in [0.2, 0.25) is 0 Å². The number of nitrogens with zero attached hydrogens (tertiary/aromatic N) is 2. The molecule has 0 N–H and O–H groups in total. The van der Waals surface area contributed by atoms with Crippen molar-refractivity contribution in [3.63, 3.8) is 0 Å². The molecule has 0 amide bonds. The lowest BCUT2D eigenvalue weighted by Gasteiger charge is -2.14. The molecule has 4 nitrogen and oxygen atoms in total. The van der Waals surface area contributed by atoms with E-state index in [4.69, 9.17) is 9.47 Å². The van der Waals surface area contributed by atoms with Gasteiger partial charge in [0.05, 0.1) is 25.1 Å². The number of rotatable bonds is 18. The molecular formula is C29H46N2O2. The molecule has 0 bridgehead atoms. The van der Waals surface area contributed by atoms with E-state index in [1.54, 1.807) is 12.4 Å². The zero-order valence-corrected chi connectivity index (χ0v) is 21.5. The monoisotopic (exact) mass is 454 g/mol. The number of ether oxygens (including phenoxy) is 2. The molecule has 33 heavy (non-hydrogen) atoms. The summed E-state index contributed by atoms with van der Waals surface area (Å²) in [7, 11) is 0. The Morgan fingerprint density at radius 1 is 0.727 bits per heavy atom. The van der Waals surface area contributed by atoms with Crippen molar-refractivity contribution in [2.75, 3.05) is 6.61 Å². The third kappa shape index (κ3) is 11.5. The largest absolute Gasteiger partial charge is 0.491 e. The first-order valence-electron chi connectivity index (χ1n) is 13.3. The summed E-state index contributed by atoms with van der Waals surface area (Å²) in [4.78, 5) is 8.97. The average Bonchev–Trinajstić information content (AvgIpc) is 2.84. The van der Waals surface area contributed by atoms with Crippen molar-refractivity contribution < 1.29 is 9.47 Å². The Bertz CT molecular complexity index is 730. The Morgan fingerprint density at radius 2 is 1.36 bits per heavy atom. The van der Waals surface area contributed by atoms with Crippen LogP contribution in [0.25, 0.3) is 11.4 Å². The van der Waals surface area contributed by atoms with Crippen molar-refractivity contribution in [3.05, 3.63) is 36.7 Å². The van der Waals surface area contributed by atoms with Gasteiger partial charge in [0.15, 0.2) is 11.6 Å². The molecule has 0 fully saturated rings. The molecule has 0 aliphatic rings. The van der Waals surface area contributed by atoms with Crippen molar-refractivity contribution in [2.45, 2.75) is 111 Å². The fraction of sp³-hybridized carbons (Fsp3) is 0.655. The van der Waals surface area contributed by atoms with Crippen LogP contribution in [0, 0.1) is 5.92 Å². The maximum atomic E-state index is 6.04. The number of hydrogen-bond acceptors (Lipinski definition) is 4. The molecule has 2 rings (SSSR count). The summed E-state index contributed by atoms with van der Waals surface area (Å²) < 4.78 is 11.9. The van der Waals surface area contributed by atoms with Crippen molar-refractivity contribution in [3.8, 4) is 22.9 Å². The fourth-order valence-corrected chi connectivity index (χ4v) is 3.89. The first-order chi connectivity index (χ1) is 16.1. The van der Waals surface area contributed by atoms with Crippen LogP contribution in [-0.2, 0) is 0 Å². The zero-order chi connectivity index (χ0) is 23.7. The molecule has 1 aromatic carbocycles. The van der Waals surface area contributed by atoms with Crippen molar-refractivity contribution in [1.29, 1.82) is 0 Å². The van der Waals surface area contributed by atoms with Gasteiger partial charge in [-0.2, -0.15) is 0 Å². The highest BCUT2D eigenvalue weighted by Gasteiger charge is 2.06. The summed E-state index contributed by atoms with van der Waals surface area (Å²) in [6.07, 6.45) is 19.0. The van der Waals surface area contributed by atoms with E-state index in [1.165, 1.54) is 64.2 Å². The van der Waals surface area contributed by atoms with Gasteiger partial charge in [0.1, 0.15) is 5.75 Å². The summed E-state index contributed by atoms with van der Waals surface area (Å²) in [5.41, 5.74) is 0.988. The average molecular weight is 455 g/mol. The molecule has 4 heteroatoms. The van der Waals surface area contributed by atoms with Gasteiger partial charge < -0.3 is 9.47 Å². The summed E-state index contributed by atoms with van der Waals surface area (Å²) in [6, 6.07) is 8.07. The molecule has 1 heterocycles. The Labute approximate surface area is 202 Å². The predicted molar refractivity (Wildman–Crippen MR) is 139 cm³/mol. The molecular weight excluding hydrogens is 408 g/mol.